The number of aryl methyl sites for hydroxylation is 2. The smallest absolute Gasteiger partial charge is 0.239 e. The quantitative estimate of drug-likeness (QED) is 0.316. The largest absolute Gasteiger partial charge is 0.377 e. The number of nitrogens with zero attached hydrogens (tertiary/aromatic N) is 1. The van der Waals surface area contributed by atoms with E-state index in [4.69, 9.17) is 33.2 Å². The van der Waals surface area contributed by atoms with E-state index in [2.05, 4.69) is 13.8 Å². The van der Waals surface area contributed by atoms with Gasteiger partial charge in [0.05, 0.1) is 120 Å². The standard InChI is InChI=1S/C37H49NO10S2/c1-25-28-22-30-31(37(4)33-32(36(30,3)50(37)41)34(39)38(35(33)40)27-8-6-5-7-9-27)24-48-21-19-46-17-15-44-13-11-42-10-12-43-14-16-45-18-20-47-23-29(28)26(2)49-25/h5-9,32-33H,10-24H2,1-4H3/t32?,33?,36?,37-,50?/m0/s1. The van der Waals surface area contributed by atoms with E-state index in [1.165, 1.54) is 4.90 Å². The summed E-state index contributed by atoms with van der Waals surface area (Å²) in [5, 5.41) is 0. The molecule has 4 unspecified atom stereocenters. The molecule has 4 aliphatic heterocycles. The molecule has 50 heavy (non-hydrogen) atoms. The number of carbonyl (C=O) groups excluding carboxylic acids is 2. The second-order valence-corrected chi connectivity index (χ2v) is 16.9. The lowest BCUT2D eigenvalue weighted by Crippen LogP contribution is -2.44. The van der Waals surface area contributed by atoms with Crippen molar-refractivity contribution in [2.75, 3.05) is 90.8 Å². The molecule has 0 radical (unpaired) electrons. The molecule has 1 aromatic carbocycles. The van der Waals surface area contributed by atoms with Crippen molar-refractivity contribution in [3.8, 4) is 0 Å². The molecule has 13 heteroatoms. The van der Waals surface area contributed by atoms with E-state index >= 15 is 0 Å². The maximum absolute atomic E-state index is 14.7. The zero-order chi connectivity index (χ0) is 35.3. The van der Waals surface area contributed by atoms with Gasteiger partial charge < -0.3 is 33.2 Å². The number of amides is 2. The zero-order valence-corrected chi connectivity index (χ0v) is 31.1. The van der Waals surface area contributed by atoms with E-state index in [9.17, 15) is 13.8 Å². The number of imide groups is 1. The summed E-state index contributed by atoms with van der Waals surface area (Å²) in [5.41, 5.74) is 4.53. The van der Waals surface area contributed by atoms with Gasteiger partial charge in [-0.3, -0.25) is 13.8 Å². The fraction of sp³-hybridized carbons (Fsp3) is 0.622. The Bertz CT molecular complexity index is 1580. The summed E-state index contributed by atoms with van der Waals surface area (Å²) in [6, 6.07) is 9.04. The predicted octanol–water partition coefficient (Wildman–Crippen LogP) is 3.93. The molecule has 2 saturated heterocycles. The predicted molar refractivity (Wildman–Crippen MR) is 190 cm³/mol. The molecule has 6 rings (SSSR count). The minimum atomic E-state index is -1.55. The Kier molecular flexibility index (Phi) is 12.4. The first-order valence-electron chi connectivity index (χ1n) is 17.4. The Morgan fingerprint density at radius 2 is 1.04 bits per heavy atom. The molecule has 1 aromatic heterocycles. The summed E-state index contributed by atoms with van der Waals surface area (Å²) in [6.45, 7) is 13.9. The average Bonchev–Trinajstić information content (AvgIpc) is 3.65. The van der Waals surface area contributed by atoms with Gasteiger partial charge in [-0.1, -0.05) is 18.2 Å². The monoisotopic (exact) mass is 731 g/mol. The van der Waals surface area contributed by atoms with Crippen LogP contribution in [0.1, 0.15) is 34.7 Å². The summed E-state index contributed by atoms with van der Waals surface area (Å²) >= 11 is 1.71. The Labute approximate surface area is 301 Å². The molecule has 0 N–H and O–H groups in total. The number of hydrogen-bond acceptors (Lipinski definition) is 11. The van der Waals surface area contributed by atoms with Crippen LogP contribution in [-0.2, 0) is 66.6 Å². The zero-order valence-electron chi connectivity index (χ0n) is 29.5. The normalized spacial score (nSPS) is 31.4. The summed E-state index contributed by atoms with van der Waals surface area (Å²) in [5.74, 6) is -2.08. The van der Waals surface area contributed by atoms with Gasteiger partial charge in [0.25, 0.3) is 0 Å². The van der Waals surface area contributed by atoms with Gasteiger partial charge in [-0.05, 0) is 68.5 Å². The third-order valence-corrected chi connectivity index (χ3v) is 14.1. The SMILES string of the molecule is Cc1sc(C)c2c1COCCOCCOCCOCCOCCOCCOCC1=C(C2)C2(C)C3C(=O)N(c4ccccc4)C(=O)C3[C@@]1(C)S2=O. The Balaban J connectivity index is 1.28. The number of carbonyl (C=O) groups is 2. The lowest BCUT2D eigenvalue weighted by atomic mass is 9.64. The molecule has 2 bridgehead atoms. The maximum atomic E-state index is 14.7. The summed E-state index contributed by atoms with van der Waals surface area (Å²) < 4.78 is 53.1. The summed E-state index contributed by atoms with van der Waals surface area (Å²) in [4.78, 5) is 32.1. The first kappa shape index (κ1) is 37.4. The van der Waals surface area contributed by atoms with Crippen molar-refractivity contribution in [1.82, 2.24) is 0 Å². The van der Waals surface area contributed by atoms with Crippen LogP contribution < -0.4 is 4.90 Å². The van der Waals surface area contributed by atoms with Gasteiger partial charge in [0, 0.05) is 20.6 Å². The number of benzene rings is 1. The van der Waals surface area contributed by atoms with Crippen LogP contribution in [0.4, 0.5) is 5.69 Å². The van der Waals surface area contributed by atoms with Crippen LogP contribution in [0, 0.1) is 25.7 Å². The minimum absolute atomic E-state index is 0.190. The number of hydrogen-bond donors (Lipinski definition) is 0. The van der Waals surface area contributed by atoms with Crippen molar-refractivity contribution in [2.24, 2.45) is 11.8 Å². The van der Waals surface area contributed by atoms with Crippen molar-refractivity contribution < 1.29 is 47.0 Å². The van der Waals surface area contributed by atoms with Crippen molar-refractivity contribution in [3.05, 3.63) is 62.4 Å². The Morgan fingerprint density at radius 1 is 0.620 bits per heavy atom. The van der Waals surface area contributed by atoms with Gasteiger partial charge in [0.15, 0.2) is 0 Å². The van der Waals surface area contributed by atoms with Crippen LogP contribution >= 0.6 is 11.3 Å². The minimum Gasteiger partial charge on any atom is -0.377 e. The summed E-state index contributed by atoms with van der Waals surface area (Å²) in [6.07, 6.45) is 0.493. The van der Waals surface area contributed by atoms with E-state index in [-0.39, 0.29) is 18.4 Å². The van der Waals surface area contributed by atoms with Gasteiger partial charge >= 0.3 is 0 Å². The number of thiophene rings is 1. The highest BCUT2D eigenvalue weighted by Gasteiger charge is 2.78. The molecule has 0 spiro atoms. The van der Waals surface area contributed by atoms with Crippen LogP contribution in [0.3, 0.4) is 0 Å². The maximum Gasteiger partial charge on any atom is 0.239 e. The number of anilines is 1. The fourth-order valence-corrected chi connectivity index (χ4v) is 11.7. The molecular weight excluding hydrogens is 683 g/mol. The molecule has 5 heterocycles. The number of ether oxygens (including phenoxy) is 7. The van der Waals surface area contributed by atoms with E-state index in [1.54, 1.807) is 23.5 Å². The number of para-hydroxylation sites is 1. The van der Waals surface area contributed by atoms with Crippen LogP contribution in [-0.4, -0.2) is 111 Å². The van der Waals surface area contributed by atoms with Gasteiger partial charge in [-0.2, -0.15) is 0 Å². The molecule has 274 valence electrons. The molecular formula is C37H49NO10S2. The number of rotatable bonds is 1. The topological polar surface area (TPSA) is 119 Å². The van der Waals surface area contributed by atoms with Gasteiger partial charge in [-0.25, -0.2) is 4.90 Å². The highest BCUT2D eigenvalue weighted by atomic mass is 32.2. The van der Waals surface area contributed by atoms with Gasteiger partial charge in [0.2, 0.25) is 11.8 Å². The second kappa shape index (κ2) is 16.6. The van der Waals surface area contributed by atoms with Crippen molar-refractivity contribution in [2.45, 2.75) is 50.2 Å². The van der Waals surface area contributed by atoms with Crippen molar-refractivity contribution in [3.63, 3.8) is 0 Å². The first-order chi connectivity index (χ1) is 24.2. The first-order valence-corrected chi connectivity index (χ1v) is 19.4. The molecule has 0 saturated carbocycles. The number of fused-ring (bicyclic) bond motifs is 8. The Morgan fingerprint density at radius 3 is 1.54 bits per heavy atom. The average molecular weight is 732 g/mol. The molecule has 2 amide bonds. The fourth-order valence-electron chi connectivity index (χ4n) is 7.93. The van der Waals surface area contributed by atoms with E-state index in [0.29, 0.717) is 98.0 Å². The molecule has 5 atom stereocenters. The van der Waals surface area contributed by atoms with Crippen LogP contribution in [0.15, 0.2) is 41.5 Å². The van der Waals surface area contributed by atoms with Crippen molar-refractivity contribution >= 4 is 39.6 Å². The van der Waals surface area contributed by atoms with E-state index < -0.39 is 32.1 Å². The lowest BCUT2D eigenvalue weighted by molar-refractivity contribution is -0.122. The third-order valence-electron chi connectivity index (χ3n) is 10.4. The van der Waals surface area contributed by atoms with Crippen LogP contribution in [0.5, 0.6) is 0 Å². The highest BCUT2D eigenvalue weighted by Crippen LogP contribution is 2.66. The molecule has 2 aromatic rings. The van der Waals surface area contributed by atoms with Gasteiger partial charge in [0.1, 0.15) is 0 Å². The van der Waals surface area contributed by atoms with Crippen LogP contribution in [0.25, 0.3) is 0 Å². The van der Waals surface area contributed by atoms with E-state index in [1.807, 2.05) is 32.0 Å². The van der Waals surface area contributed by atoms with Crippen molar-refractivity contribution in [1.29, 1.82) is 0 Å². The molecule has 2 fully saturated rings. The van der Waals surface area contributed by atoms with Gasteiger partial charge in [-0.15, -0.1) is 11.3 Å². The van der Waals surface area contributed by atoms with Crippen LogP contribution in [0.2, 0.25) is 0 Å². The highest BCUT2D eigenvalue weighted by molar-refractivity contribution is 7.89. The third kappa shape index (κ3) is 7.05. The molecule has 0 aliphatic carbocycles. The molecule has 4 aliphatic rings. The summed E-state index contributed by atoms with van der Waals surface area (Å²) in [7, 11) is -1.55. The molecule has 11 nitrogen and oxygen atoms in total. The van der Waals surface area contributed by atoms with E-state index in [0.717, 1.165) is 32.0 Å². The second-order valence-electron chi connectivity index (χ2n) is 13.3. The Hall–Kier alpha value is -2.33. The lowest BCUT2D eigenvalue weighted by Gasteiger charge is -2.35.